The lowest BCUT2D eigenvalue weighted by Gasteiger charge is -2.10. The van der Waals surface area contributed by atoms with E-state index in [4.69, 9.17) is 16.3 Å². The van der Waals surface area contributed by atoms with Crippen LogP contribution in [0, 0.1) is 0 Å². The molecule has 7 heteroatoms. The summed E-state index contributed by atoms with van der Waals surface area (Å²) in [5, 5.41) is 0.186. The highest BCUT2D eigenvalue weighted by Crippen LogP contribution is 2.29. The summed E-state index contributed by atoms with van der Waals surface area (Å²) in [5.41, 5.74) is 2.99. The number of fused-ring (bicyclic) bond motifs is 1. The van der Waals surface area contributed by atoms with Crippen LogP contribution in [-0.4, -0.2) is 31.6 Å². The smallest absolute Gasteiger partial charge is 0.242 e. The Hall–Kier alpha value is -2.21. The molecule has 0 aliphatic heterocycles. The molecule has 0 N–H and O–H groups in total. The fraction of sp³-hybridized carbons (Fsp3) is 0.286. The molecule has 3 aromatic rings. The van der Waals surface area contributed by atoms with E-state index in [0.29, 0.717) is 17.3 Å². The zero-order chi connectivity index (χ0) is 15.0. The van der Waals surface area contributed by atoms with Gasteiger partial charge >= 0.3 is 0 Å². The second-order valence-electron chi connectivity index (χ2n) is 4.84. The second kappa shape index (κ2) is 5.29. The fourth-order valence-electron chi connectivity index (χ4n) is 2.16. The Balaban J connectivity index is 2.26. The minimum atomic E-state index is 0.186. The van der Waals surface area contributed by atoms with Crippen LogP contribution in [0.2, 0.25) is 5.28 Å². The zero-order valence-electron chi connectivity index (χ0n) is 11.9. The van der Waals surface area contributed by atoms with E-state index in [2.05, 4.69) is 38.4 Å². The number of hydrogen-bond acceptors (Lipinski definition) is 5. The summed E-state index contributed by atoms with van der Waals surface area (Å²) in [4.78, 5) is 16.9. The maximum Gasteiger partial charge on any atom is 0.242 e. The number of hydrogen-bond donors (Lipinski definition) is 0. The van der Waals surface area contributed by atoms with Gasteiger partial charge in [0, 0.05) is 12.2 Å². The Labute approximate surface area is 126 Å². The second-order valence-corrected chi connectivity index (χ2v) is 5.18. The van der Waals surface area contributed by atoms with Crippen molar-refractivity contribution in [1.29, 1.82) is 0 Å². The van der Waals surface area contributed by atoms with Crippen LogP contribution in [0.5, 0.6) is 5.88 Å². The van der Waals surface area contributed by atoms with Gasteiger partial charge in [-0.1, -0.05) is 0 Å². The fourth-order valence-corrected chi connectivity index (χ4v) is 2.31. The van der Waals surface area contributed by atoms with Gasteiger partial charge in [-0.3, -0.25) is 0 Å². The molecule has 21 heavy (non-hydrogen) atoms. The van der Waals surface area contributed by atoms with E-state index < -0.39 is 0 Å². The van der Waals surface area contributed by atoms with Gasteiger partial charge in [-0.2, -0.15) is 0 Å². The average molecular weight is 304 g/mol. The van der Waals surface area contributed by atoms with E-state index in [1.807, 2.05) is 6.07 Å². The molecule has 3 aromatic heterocycles. The molecule has 0 saturated heterocycles. The standard InChI is InChI=1S/C14H14ClN5O/c1-8(2)20-7-17-12-11(20)6-10(18-13(12)21-3)9-4-5-16-14(15)19-9/h4-8H,1-3H3. The number of methoxy groups -OCH3 is 1. The van der Waals surface area contributed by atoms with Crippen molar-refractivity contribution in [2.75, 3.05) is 7.11 Å². The van der Waals surface area contributed by atoms with Crippen LogP contribution in [0.25, 0.3) is 22.4 Å². The third kappa shape index (κ3) is 2.42. The first-order valence-electron chi connectivity index (χ1n) is 6.50. The van der Waals surface area contributed by atoms with Gasteiger partial charge in [0.15, 0.2) is 5.52 Å². The molecule has 0 bridgehead atoms. The summed E-state index contributed by atoms with van der Waals surface area (Å²) in [6.45, 7) is 4.19. The van der Waals surface area contributed by atoms with Gasteiger partial charge in [0.2, 0.25) is 11.2 Å². The van der Waals surface area contributed by atoms with Crippen molar-refractivity contribution in [3.8, 4) is 17.3 Å². The van der Waals surface area contributed by atoms with Crippen molar-refractivity contribution in [3.05, 3.63) is 29.9 Å². The molecule has 108 valence electrons. The molecule has 0 aliphatic rings. The van der Waals surface area contributed by atoms with Crippen LogP contribution in [-0.2, 0) is 0 Å². The number of halogens is 1. The van der Waals surface area contributed by atoms with Crippen LogP contribution >= 0.6 is 11.6 Å². The summed E-state index contributed by atoms with van der Waals surface area (Å²) in [5.74, 6) is 0.469. The third-order valence-electron chi connectivity index (χ3n) is 3.17. The van der Waals surface area contributed by atoms with Gasteiger partial charge in [-0.25, -0.2) is 19.9 Å². The number of imidazole rings is 1. The van der Waals surface area contributed by atoms with E-state index in [1.54, 1.807) is 25.7 Å². The van der Waals surface area contributed by atoms with Gasteiger partial charge in [-0.15, -0.1) is 0 Å². The Kier molecular flexibility index (Phi) is 3.47. The predicted molar refractivity (Wildman–Crippen MR) is 80.5 cm³/mol. The van der Waals surface area contributed by atoms with Crippen LogP contribution in [0.1, 0.15) is 19.9 Å². The van der Waals surface area contributed by atoms with Gasteiger partial charge in [0.1, 0.15) is 0 Å². The maximum absolute atomic E-state index is 5.85. The Morgan fingerprint density at radius 3 is 2.67 bits per heavy atom. The van der Waals surface area contributed by atoms with Gasteiger partial charge in [-0.05, 0) is 37.6 Å². The first-order chi connectivity index (χ1) is 10.1. The molecule has 0 aliphatic carbocycles. The molecule has 0 amide bonds. The maximum atomic E-state index is 5.85. The lowest BCUT2D eigenvalue weighted by molar-refractivity contribution is 0.403. The molecule has 3 rings (SSSR count). The summed E-state index contributed by atoms with van der Waals surface area (Å²) in [6.07, 6.45) is 3.39. The van der Waals surface area contributed by atoms with E-state index >= 15 is 0 Å². The number of ether oxygens (including phenoxy) is 1. The topological polar surface area (TPSA) is 65.7 Å². The predicted octanol–water partition coefficient (Wildman–Crippen LogP) is 3.13. The summed E-state index contributed by atoms with van der Waals surface area (Å²) in [6, 6.07) is 3.97. The molecule has 0 radical (unpaired) electrons. The van der Waals surface area contributed by atoms with Crippen LogP contribution in [0.3, 0.4) is 0 Å². The molecule has 0 fully saturated rings. The van der Waals surface area contributed by atoms with Crippen LogP contribution < -0.4 is 4.74 Å². The van der Waals surface area contributed by atoms with E-state index in [1.165, 1.54) is 0 Å². The van der Waals surface area contributed by atoms with Crippen molar-refractivity contribution in [3.63, 3.8) is 0 Å². The highest BCUT2D eigenvalue weighted by atomic mass is 35.5. The normalized spacial score (nSPS) is 11.3. The summed E-state index contributed by atoms with van der Waals surface area (Å²) in [7, 11) is 1.58. The van der Waals surface area contributed by atoms with E-state index in [0.717, 1.165) is 11.0 Å². The van der Waals surface area contributed by atoms with Crippen molar-refractivity contribution >= 4 is 22.6 Å². The average Bonchev–Trinajstić information content (AvgIpc) is 2.90. The molecular formula is C14H14ClN5O. The SMILES string of the molecule is COc1nc(-c2ccnc(Cl)n2)cc2c1ncn2C(C)C. The minimum Gasteiger partial charge on any atom is -0.479 e. The summed E-state index contributed by atoms with van der Waals surface area (Å²) < 4.78 is 7.41. The molecular weight excluding hydrogens is 290 g/mol. The lowest BCUT2D eigenvalue weighted by Crippen LogP contribution is -2.00. The quantitative estimate of drug-likeness (QED) is 0.695. The lowest BCUT2D eigenvalue weighted by atomic mass is 10.2. The van der Waals surface area contributed by atoms with Gasteiger partial charge in [0.05, 0.1) is 30.3 Å². The number of aromatic nitrogens is 5. The molecule has 0 aromatic carbocycles. The highest BCUT2D eigenvalue weighted by molar-refractivity contribution is 6.28. The van der Waals surface area contributed by atoms with Crippen molar-refractivity contribution in [2.45, 2.75) is 19.9 Å². The number of pyridine rings is 1. The van der Waals surface area contributed by atoms with Crippen LogP contribution in [0.15, 0.2) is 24.7 Å². The van der Waals surface area contributed by atoms with Crippen molar-refractivity contribution in [2.24, 2.45) is 0 Å². The van der Waals surface area contributed by atoms with E-state index in [9.17, 15) is 0 Å². The first-order valence-corrected chi connectivity index (χ1v) is 6.88. The molecule has 3 heterocycles. The van der Waals surface area contributed by atoms with E-state index in [-0.39, 0.29) is 11.3 Å². The van der Waals surface area contributed by atoms with Gasteiger partial charge < -0.3 is 9.30 Å². The first kappa shape index (κ1) is 13.8. The highest BCUT2D eigenvalue weighted by Gasteiger charge is 2.15. The monoisotopic (exact) mass is 303 g/mol. The Morgan fingerprint density at radius 1 is 1.19 bits per heavy atom. The Morgan fingerprint density at radius 2 is 2.00 bits per heavy atom. The van der Waals surface area contributed by atoms with Crippen LogP contribution in [0.4, 0.5) is 0 Å². The van der Waals surface area contributed by atoms with Gasteiger partial charge in [0.25, 0.3) is 0 Å². The van der Waals surface area contributed by atoms with Crippen molar-refractivity contribution < 1.29 is 4.74 Å². The molecule has 6 nitrogen and oxygen atoms in total. The molecule has 0 atom stereocenters. The summed E-state index contributed by atoms with van der Waals surface area (Å²) >= 11 is 5.85. The zero-order valence-corrected chi connectivity index (χ0v) is 12.7. The minimum absolute atomic E-state index is 0.186. The Bertz CT molecular complexity index is 799. The molecule has 0 spiro atoms. The number of nitrogens with zero attached hydrogens (tertiary/aromatic N) is 5. The number of rotatable bonds is 3. The molecule has 0 saturated carbocycles. The molecule has 0 unspecified atom stereocenters. The third-order valence-corrected chi connectivity index (χ3v) is 3.35. The van der Waals surface area contributed by atoms with Crippen molar-refractivity contribution in [1.82, 2.24) is 24.5 Å². The largest absolute Gasteiger partial charge is 0.479 e.